The standard InChI is InChI=1S/C20H23F2N7O2/c1-11-9-31-17-13(7-6-12(21)15(17)22)29(11)14(30)5-3-2-4-8-24-18-16-19(26-10-25-16)28-20(23)27-18/h6-7,10-11H,2-5,8-9H2,1H3,(H4,23,24,25,26,27,28)/t11-/m1/s1. The van der Waals surface area contributed by atoms with E-state index in [1.54, 1.807) is 0 Å². The lowest BCUT2D eigenvalue weighted by atomic mass is 10.1. The van der Waals surface area contributed by atoms with Crippen LogP contribution in [0.15, 0.2) is 18.5 Å². The minimum absolute atomic E-state index is 0.118. The number of nitrogens with two attached hydrogens (primary N) is 1. The fraction of sp³-hybridized carbons (Fsp3) is 0.400. The summed E-state index contributed by atoms with van der Waals surface area (Å²) in [4.78, 5) is 29.5. The molecule has 4 rings (SSSR count). The summed E-state index contributed by atoms with van der Waals surface area (Å²) in [6, 6.07) is 2.14. The van der Waals surface area contributed by atoms with Crippen molar-refractivity contribution in [3.63, 3.8) is 0 Å². The molecule has 0 spiro atoms. The fourth-order valence-corrected chi connectivity index (χ4v) is 3.63. The molecule has 0 bridgehead atoms. The number of nitrogens with zero attached hydrogens (tertiary/aromatic N) is 4. The lowest BCUT2D eigenvalue weighted by molar-refractivity contribution is -0.119. The molecule has 1 aliphatic rings. The van der Waals surface area contributed by atoms with Crippen molar-refractivity contribution in [2.75, 3.05) is 29.1 Å². The van der Waals surface area contributed by atoms with E-state index < -0.39 is 11.6 Å². The predicted molar refractivity (Wildman–Crippen MR) is 112 cm³/mol. The summed E-state index contributed by atoms with van der Waals surface area (Å²) in [6.07, 6.45) is 4.10. The Morgan fingerprint density at radius 2 is 2.16 bits per heavy atom. The number of hydrogen-bond donors (Lipinski definition) is 3. The van der Waals surface area contributed by atoms with Gasteiger partial charge in [0.15, 0.2) is 23.0 Å². The number of H-pyrrole nitrogens is 1. The van der Waals surface area contributed by atoms with E-state index in [0.717, 1.165) is 18.9 Å². The van der Waals surface area contributed by atoms with Crippen LogP contribution in [0.25, 0.3) is 11.2 Å². The van der Waals surface area contributed by atoms with E-state index in [2.05, 4.69) is 25.3 Å². The van der Waals surface area contributed by atoms with Gasteiger partial charge in [-0.2, -0.15) is 14.4 Å². The summed E-state index contributed by atoms with van der Waals surface area (Å²) in [5.74, 6) is -1.67. The molecular weight excluding hydrogens is 408 g/mol. The van der Waals surface area contributed by atoms with Crippen LogP contribution in [0.2, 0.25) is 0 Å². The number of rotatable bonds is 7. The van der Waals surface area contributed by atoms with E-state index >= 15 is 0 Å². The lowest BCUT2D eigenvalue weighted by Gasteiger charge is -2.35. The first-order chi connectivity index (χ1) is 15.0. The zero-order chi connectivity index (χ0) is 22.0. The van der Waals surface area contributed by atoms with Crippen molar-refractivity contribution in [1.82, 2.24) is 19.9 Å². The van der Waals surface area contributed by atoms with E-state index in [1.807, 2.05) is 6.92 Å². The Kier molecular flexibility index (Phi) is 5.83. The SMILES string of the molecule is C[C@@H]1COc2c(ccc(F)c2F)N1C(=O)CCCCCNc1nc(N)nc2nc[nH]c12. The van der Waals surface area contributed by atoms with Crippen LogP contribution in [0.4, 0.5) is 26.2 Å². The topological polar surface area (TPSA) is 122 Å². The fourth-order valence-electron chi connectivity index (χ4n) is 3.63. The number of benzene rings is 1. The molecule has 0 fully saturated rings. The maximum atomic E-state index is 14.0. The maximum Gasteiger partial charge on any atom is 0.227 e. The number of unbranched alkanes of at least 4 members (excludes halogenated alkanes) is 2. The molecule has 1 atom stereocenters. The van der Waals surface area contributed by atoms with Gasteiger partial charge >= 0.3 is 0 Å². The molecular formula is C20H23F2N7O2. The van der Waals surface area contributed by atoms with Gasteiger partial charge in [-0.25, -0.2) is 9.37 Å². The number of nitrogens with one attached hydrogen (secondary N) is 2. The second-order valence-corrected chi connectivity index (χ2v) is 7.40. The molecule has 3 heterocycles. The first-order valence-corrected chi connectivity index (χ1v) is 10.1. The second kappa shape index (κ2) is 8.70. The normalized spacial score (nSPS) is 15.6. The van der Waals surface area contributed by atoms with E-state index in [-0.39, 0.29) is 35.9 Å². The number of hydrogen-bond acceptors (Lipinski definition) is 7. The quantitative estimate of drug-likeness (QED) is 0.492. The molecule has 1 aliphatic heterocycles. The molecule has 11 heteroatoms. The molecule has 0 radical (unpaired) electrons. The van der Waals surface area contributed by atoms with E-state index in [0.29, 0.717) is 36.4 Å². The number of carbonyl (C=O) groups excluding carboxylic acids is 1. The number of amides is 1. The number of anilines is 3. The number of ether oxygens (including phenoxy) is 1. The van der Waals surface area contributed by atoms with Crippen molar-refractivity contribution >= 4 is 34.5 Å². The molecule has 0 saturated heterocycles. The first-order valence-electron chi connectivity index (χ1n) is 10.1. The Hall–Kier alpha value is -3.50. The third kappa shape index (κ3) is 4.21. The van der Waals surface area contributed by atoms with E-state index in [9.17, 15) is 13.6 Å². The van der Waals surface area contributed by atoms with Gasteiger partial charge in [0.1, 0.15) is 12.1 Å². The highest BCUT2D eigenvalue weighted by atomic mass is 19.2. The van der Waals surface area contributed by atoms with Gasteiger partial charge in [-0.05, 0) is 31.9 Å². The van der Waals surface area contributed by atoms with E-state index in [1.165, 1.54) is 17.3 Å². The zero-order valence-corrected chi connectivity index (χ0v) is 17.0. The van der Waals surface area contributed by atoms with Gasteiger partial charge < -0.3 is 25.7 Å². The predicted octanol–water partition coefficient (Wildman–Crippen LogP) is 3.00. The van der Waals surface area contributed by atoms with Gasteiger partial charge in [-0.3, -0.25) is 4.79 Å². The van der Waals surface area contributed by atoms with Gasteiger partial charge in [0.25, 0.3) is 0 Å². The Labute approximate surface area is 177 Å². The van der Waals surface area contributed by atoms with Gasteiger partial charge in [-0.1, -0.05) is 6.42 Å². The molecule has 1 aromatic carbocycles. The lowest BCUT2D eigenvalue weighted by Crippen LogP contribution is -2.45. The molecule has 2 aromatic heterocycles. The molecule has 3 aromatic rings. The number of imidazole rings is 1. The van der Waals surface area contributed by atoms with Crippen molar-refractivity contribution in [2.45, 2.75) is 38.6 Å². The Balaban J connectivity index is 1.28. The number of fused-ring (bicyclic) bond motifs is 2. The Morgan fingerprint density at radius 1 is 1.32 bits per heavy atom. The monoisotopic (exact) mass is 431 g/mol. The molecule has 1 amide bonds. The summed E-state index contributed by atoms with van der Waals surface area (Å²) >= 11 is 0. The molecule has 0 aliphatic carbocycles. The molecule has 0 unspecified atom stereocenters. The van der Waals surface area contributed by atoms with Crippen molar-refractivity contribution in [3.05, 3.63) is 30.1 Å². The largest absolute Gasteiger partial charge is 0.486 e. The number of aromatic amines is 1. The highest BCUT2D eigenvalue weighted by Gasteiger charge is 2.32. The summed E-state index contributed by atoms with van der Waals surface area (Å²) < 4.78 is 32.8. The Bertz CT molecular complexity index is 1100. The summed E-state index contributed by atoms with van der Waals surface area (Å²) in [5, 5.41) is 3.21. The van der Waals surface area contributed by atoms with Crippen LogP contribution in [0.3, 0.4) is 0 Å². The molecule has 164 valence electrons. The first kappa shape index (κ1) is 20.8. The van der Waals surface area contributed by atoms with Crippen LogP contribution in [0, 0.1) is 11.6 Å². The number of carbonyl (C=O) groups is 1. The highest BCUT2D eigenvalue weighted by molar-refractivity contribution is 5.96. The van der Waals surface area contributed by atoms with Gasteiger partial charge in [0.2, 0.25) is 17.7 Å². The van der Waals surface area contributed by atoms with Crippen molar-refractivity contribution < 1.29 is 18.3 Å². The molecule has 0 saturated carbocycles. The minimum atomic E-state index is -1.06. The van der Waals surface area contributed by atoms with Gasteiger partial charge in [-0.15, -0.1) is 0 Å². The van der Waals surface area contributed by atoms with Gasteiger partial charge in [0.05, 0.1) is 18.1 Å². The van der Waals surface area contributed by atoms with Crippen LogP contribution >= 0.6 is 0 Å². The molecule has 9 nitrogen and oxygen atoms in total. The van der Waals surface area contributed by atoms with Crippen LogP contribution in [0.1, 0.15) is 32.6 Å². The van der Waals surface area contributed by atoms with E-state index in [4.69, 9.17) is 10.5 Å². The third-order valence-electron chi connectivity index (χ3n) is 5.13. The smallest absolute Gasteiger partial charge is 0.227 e. The number of nitrogen functional groups attached to an aromatic ring is 1. The van der Waals surface area contributed by atoms with Crippen LogP contribution in [0.5, 0.6) is 5.75 Å². The molecule has 4 N–H and O–H groups in total. The van der Waals surface area contributed by atoms with Crippen molar-refractivity contribution in [3.8, 4) is 5.75 Å². The van der Waals surface area contributed by atoms with Crippen LogP contribution < -0.4 is 20.7 Å². The number of aromatic nitrogens is 4. The summed E-state index contributed by atoms with van der Waals surface area (Å²) in [6.45, 7) is 2.57. The second-order valence-electron chi connectivity index (χ2n) is 7.40. The van der Waals surface area contributed by atoms with Crippen molar-refractivity contribution in [2.24, 2.45) is 0 Å². The van der Waals surface area contributed by atoms with Gasteiger partial charge in [0, 0.05) is 13.0 Å². The molecule has 31 heavy (non-hydrogen) atoms. The average molecular weight is 431 g/mol. The maximum absolute atomic E-state index is 14.0. The van der Waals surface area contributed by atoms with Crippen molar-refractivity contribution in [1.29, 1.82) is 0 Å². The highest BCUT2D eigenvalue weighted by Crippen LogP contribution is 2.37. The summed E-state index contributed by atoms with van der Waals surface area (Å²) in [7, 11) is 0. The summed E-state index contributed by atoms with van der Waals surface area (Å²) in [5.41, 5.74) is 7.15. The average Bonchev–Trinajstić information content (AvgIpc) is 3.21. The number of halogens is 2. The third-order valence-corrected chi connectivity index (χ3v) is 5.13. The zero-order valence-electron chi connectivity index (χ0n) is 17.0. The Morgan fingerprint density at radius 3 is 3.00 bits per heavy atom. The van der Waals surface area contributed by atoms with Crippen LogP contribution in [-0.4, -0.2) is 45.0 Å². The minimum Gasteiger partial charge on any atom is -0.486 e. The van der Waals surface area contributed by atoms with Crippen LogP contribution in [-0.2, 0) is 4.79 Å².